The number of amides is 1. The van der Waals surface area contributed by atoms with Crippen LogP contribution >= 0.6 is 0 Å². The molecule has 4 rings (SSSR count). The van der Waals surface area contributed by atoms with Crippen LogP contribution in [0, 0.1) is 0 Å². The predicted molar refractivity (Wildman–Crippen MR) is 104 cm³/mol. The Balaban J connectivity index is 1.47. The summed E-state index contributed by atoms with van der Waals surface area (Å²) in [6.07, 6.45) is -2.81. The lowest BCUT2D eigenvalue weighted by atomic mass is 10.0. The van der Waals surface area contributed by atoms with Crippen molar-refractivity contribution in [1.29, 1.82) is 0 Å². The van der Waals surface area contributed by atoms with Crippen LogP contribution < -0.4 is 8.61 Å². The molecule has 0 N–H and O–H groups in total. The highest BCUT2D eigenvalue weighted by molar-refractivity contribution is 7.94. The number of aromatic nitrogens is 1. The van der Waals surface area contributed by atoms with Crippen molar-refractivity contribution in [2.24, 2.45) is 0 Å². The summed E-state index contributed by atoms with van der Waals surface area (Å²) in [5.74, 6) is -0.420. The molecular formula is C19H19F3N4O3S. The summed E-state index contributed by atoms with van der Waals surface area (Å²) in [5.41, 5.74) is 0.226. The molecule has 0 bridgehead atoms. The summed E-state index contributed by atoms with van der Waals surface area (Å²) in [6.45, 7) is 0.588. The van der Waals surface area contributed by atoms with E-state index in [2.05, 4.69) is 4.98 Å². The van der Waals surface area contributed by atoms with Crippen LogP contribution in [0.15, 0.2) is 42.6 Å². The molecule has 0 saturated carbocycles. The van der Waals surface area contributed by atoms with E-state index in [1.54, 1.807) is 24.3 Å². The van der Waals surface area contributed by atoms with Crippen LogP contribution in [0.25, 0.3) is 0 Å². The van der Waals surface area contributed by atoms with E-state index in [1.807, 2.05) is 0 Å². The van der Waals surface area contributed by atoms with Crippen molar-refractivity contribution < 1.29 is 26.4 Å². The van der Waals surface area contributed by atoms with E-state index in [4.69, 9.17) is 0 Å². The van der Waals surface area contributed by atoms with E-state index in [-0.39, 0.29) is 11.6 Å². The smallest absolute Gasteiger partial charge is 0.338 e. The molecule has 1 fully saturated rings. The molecule has 2 aliphatic heterocycles. The molecule has 0 radical (unpaired) electrons. The quantitative estimate of drug-likeness (QED) is 0.720. The second-order valence-corrected chi connectivity index (χ2v) is 9.05. The zero-order valence-corrected chi connectivity index (χ0v) is 16.8. The molecule has 3 heterocycles. The molecule has 0 atom stereocenters. The van der Waals surface area contributed by atoms with Crippen molar-refractivity contribution in [3.8, 4) is 0 Å². The molecular weight excluding hydrogens is 421 g/mol. The number of nitrogens with zero attached hydrogens (tertiary/aromatic N) is 4. The minimum Gasteiger partial charge on any atom is -0.338 e. The minimum absolute atomic E-state index is 0.0697. The third kappa shape index (κ3) is 3.36. The Kier molecular flexibility index (Phi) is 4.88. The van der Waals surface area contributed by atoms with Crippen molar-refractivity contribution in [3.05, 3.63) is 53.9 Å². The lowest BCUT2D eigenvalue weighted by molar-refractivity contribution is -0.141. The van der Waals surface area contributed by atoms with Crippen LogP contribution in [0.2, 0.25) is 0 Å². The summed E-state index contributed by atoms with van der Waals surface area (Å²) >= 11 is 0. The van der Waals surface area contributed by atoms with E-state index in [0.717, 1.165) is 18.3 Å². The number of para-hydroxylation sites is 2. The van der Waals surface area contributed by atoms with Crippen molar-refractivity contribution in [2.45, 2.75) is 25.1 Å². The fourth-order valence-electron chi connectivity index (χ4n) is 3.86. The molecule has 1 aromatic heterocycles. The minimum atomic E-state index is -4.56. The number of pyridine rings is 1. The van der Waals surface area contributed by atoms with Gasteiger partial charge in [0.15, 0.2) is 0 Å². The van der Waals surface area contributed by atoms with Gasteiger partial charge in [-0.2, -0.15) is 21.6 Å². The Labute approximate surface area is 171 Å². The molecule has 0 unspecified atom stereocenters. The van der Waals surface area contributed by atoms with Gasteiger partial charge in [-0.1, -0.05) is 12.1 Å². The number of anilines is 2. The number of fused-ring (bicyclic) bond motifs is 1. The number of rotatable bonds is 2. The van der Waals surface area contributed by atoms with Crippen LogP contribution in [0.4, 0.5) is 24.5 Å². The van der Waals surface area contributed by atoms with Gasteiger partial charge in [0.1, 0.15) is 5.69 Å². The van der Waals surface area contributed by atoms with Gasteiger partial charge in [-0.15, -0.1) is 0 Å². The molecule has 11 heteroatoms. The highest BCUT2D eigenvalue weighted by Gasteiger charge is 2.43. The SMILES string of the molecule is CN1c2ccccc2N(C2CCN(C(=O)c3ccc(C(F)(F)F)nc3)CC2)S1(=O)=O. The third-order valence-corrected chi connectivity index (χ3v) is 7.32. The monoisotopic (exact) mass is 440 g/mol. The largest absolute Gasteiger partial charge is 0.433 e. The van der Waals surface area contributed by atoms with Crippen molar-refractivity contribution >= 4 is 27.5 Å². The van der Waals surface area contributed by atoms with Crippen molar-refractivity contribution in [2.75, 3.05) is 28.7 Å². The van der Waals surface area contributed by atoms with Crippen LogP contribution in [-0.2, 0) is 16.4 Å². The fraction of sp³-hybridized carbons (Fsp3) is 0.368. The Morgan fingerprint density at radius 1 is 1.07 bits per heavy atom. The summed E-state index contributed by atoms with van der Waals surface area (Å²) in [4.78, 5) is 17.5. The maximum Gasteiger partial charge on any atom is 0.433 e. The Morgan fingerprint density at radius 2 is 1.70 bits per heavy atom. The zero-order chi connectivity index (χ0) is 21.7. The highest BCUT2D eigenvalue weighted by atomic mass is 32.2. The number of hydrogen-bond donors (Lipinski definition) is 0. The van der Waals surface area contributed by atoms with Gasteiger partial charge < -0.3 is 4.90 Å². The molecule has 2 aliphatic rings. The first kappa shape index (κ1) is 20.5. The molecule has 0 aliphatic carbocycles. The average Bonchev–Trinajstić information content (AvgIpc) is 2.93. The Morgan fingerprint density at radius 3 is 2.27 bits per heavy atom. The van der Waals surface area contributed by atoms with Gasteiger partial charge in [0.05, 0.1) is 23.0 Å². The number of alkyl halides is 3. The highest BCUT2D eigenvalue weighted by Crippen LogP contribution is 2.42. The molecule has 1 amide bonds. The maximum atomic E-state index is 12.9. The van der Waals surface area contributed by atoms with E-state index >= 15 is 0 Å². The van der Waals surface area contributed by atoms with E-state index in [1.165, 1.54) is 20.6 Å². The second-order valence-electron chi connectivity index (χ2n) is 7.21. The molecule has 7 nitrogen and oxygen atoms in total. The lowest BCUT2D eigenvalue weighted by Crippen LogP contribution is -2.49. The van der Waals surface area contributed by atoms with Crippen LogP contribution in [-0.4, -0.2) is 50.4 Å². The number of carbonyl (C=O) groups is 1. The van der Waals surface area contributed by atoms with Gasteiger partial charge in [-0.3, -0.25) is 14.1 Å². The van der Waals surface area contributed by atoms with Gasteiger partial charge in [0, 0.05) is 26.3 Å². The van der Waals surface area contributed by atoms with Crippen molar-refractivity contribution in [3.63, 3.8) is 0 Å². The van der Waals surface area contributed by atoms with E-state index in [0.29, 0.717) is 37.3 Å². The third-order valence-electron chi connectivity index (χ3n) is 5.44. The first-order valence-electron chi connectivity index (χ1n) is 9.30. The summed E-state index contributed by atoms with van der Waals surface area (Å²) in [7, 11) is -2.18. The van der Waals surface area contributed by atoms with Gasteiger partial charge in [-0.05, 0) is 37.1 Å². The number of benzene rings is 1. The predicted octanol–water partition coefficient (Wildman–Crippen LogP) is 2.91. The summed E-state index contributed by atoms with van der Waals surface area (Å²) < 4.78 is 66.3. The topological polar surface area (TPSA) is 73.8 Å². The van der Waals surface area contributed by atoms with Gasteiger partial charge >= 0.3 is 16.4 Å². The first-order valence-corrected chi connectivity index (χ1v) is 10.7. The molecule has 0 spiro atoms. The summed E-state index contributed by atoms with van der Waals surface area (Å²) in [5, 5.41) is 0. The first-order chi connectivity index (χ1) is 14.1. The summed E-state index contributed by atoms with van der Waals surface area (Å²) in [6, 6.07) is 8.62. The molecule has 2 aromatic rings. The number of hydrogen-bond acceptors (Lipinski definition) is 4. The number of halogens is 3. The second kappa shape index (κ2) is 7.15. The number of piperidine rings is 1. The normalized spacial score (nSPS) is 19.1. The van der Waals surface area contributed by atoms with Crippen molar-refractivity contribution in [1.82, 2.24) is 9.88 Å². The van der Waals surface area contributed by atoms with Gasteiger partial charge in [0.25, 0.3) is 5.91 Å². The van der Waals surface area contributed by atoms with Crippen LogP contribution in [0.1, 0.15) is 28.9 Å². The average molecular weight is 440 g/mol. The van der Waals surface area contributed by atoms with Crippen LogP contribution in [0.5, 0.6) is 0 Å². The fourth-order valence-corrected chi connectivity index (χ4v) is 5.51. The molecule has 1 aromatic carbocycles. The number of carbonyl (C=O) groups excluding carboxylic acids is 1. The van der Waals surface area contributed by atoms with Crippen LogP contribution in [0.3, 0.4) is 0 Å². The molecule has 1 saturated heterocycles. The van der Waals surface area contributed by atoms with E-state index in [9.17, 15) is 26.4 Å². The van der Waals surface area contributed by atoms with Gasteiger partial charge in [-0.25, -0.2) is 4.31 Å². The van der Waals surface area contributed by atoms with E-state index < -0.39 is 28.0 Å². The maximum absolute atomic E-state index is 12.9. The lowest BCUT2D eigenvalue weighted by Gasteiger charge is -2.36. The Bertz CT molecular complexity index is 1070. The number of likely N-dealkylation sites (tertiary alicyclic amines) is 1. The standard InChI is InChI=1S/C19H19F3N4O3S/c1-24-15-4-2-3-5-16(15)26(30(24,28)29)14-8-10-25(11-9-14)18(27)13-6-7-17(23-12-13)19(20,21)22/h2-7,12,14H,8-11H2,1H3. The van der Waals surface area contributed by atoms with Gasteiger partial charge in [0.2, 0.25) is 0 Å². The molecule has 30 heavy (non-hydrogen) atoms. The Hall–Kier alpha value is -2.82. The zero-order valence-electron chi connectivity index (χ0n) is 16.0. The molecule has 160 valence electrons.